The molecule has 0 saturated heterocycles. The van der Waals surface area contributed by atoms with Gasteiger partial charge in [-0.05, 0) is 37.1 Å². The fraction of sp³-hybridized carbons (Fsp3) is 0.211. The standard InChI is InChI=1S/C19H19N3O2S/c1-13-17(25-19(22-13)15-7-10-20-11-8-15)18(23)21-12-9-14-5-3-4-6-16(14)24-2/h3-8,10-11H,9,12H2,1-2H3,(H,21,23). The zero-order valence-corrected chi connectivity index (χ0v) is 15.0. The average Bonchev–Trinajstić information content (AvgIpc) is 3.04. The summed E-state index contributed by atoms with van der Waals surface area (Å²) in [5.41, 5.74) is 2.78. The minimum atomic E-state index is -0.0924. The van der Waals surface area contributed by atoms with Gasteiger partial charge < -0.3 is 10.1 Å². The number of pyridine rings is 1. The SMILES string of the molecule is COc1ccccc1CCNC(=O)c1sc(-c2ccncc2)nc1C. The number of nitrogens with zero attached hydrogens (tertiary/aromatic N) is 2. The molecule has 0 unspecified atom stereocenters. The predicted octanol–water partition coefficient (Wildman–Crippen LogP) is 3.49. The molecule has 0 aliphatic heterocycles. The second kappa shape index (κ2) is 7.90. The Bertz CT molecular complexity index is 862. The van der Waals surface area contributed by atoms with Gasteiger partial charge in [0, 0.05) is 24.5 Å². The number of hydrogen-bond acceptors (Lipinski definition) is 5. The molecule has 1 amide bonds. The highest BCUT2D eigenvalue weighted by Crippen LogP contribution is 2.27. The minimum absolute atomic E-state index is 0.0924. The van der Waals surface area contributed by atoms with E-state index in [1.54, 1.807) is 19.5 Å². The summed E-state index contributed by atoms with van der Waals surface area (Å²) in [4.78, 5) is 21.6. The molecule has 1 N–H and O–H groups in total. The Balaban J connectivity index is 1.65. The van der Waals surface area contributed by atoms with Crippen LogP contribution in [0.5, 0.6) is 5.75 Å². The number of para-hydroxylation sites is 1. The van der Waals surface area contributed by atoms with Crippen LogP contribution in [0.1, 0.15) is 20.9 Å². The van der Waals surface area contributed by atoms with Crippen LogP contribution >= 0.6 is 11.3 Å². The quantitative estimate of drug-likeness (QED) is 0.737. The van der Waals surface area contributed by atoms with Crippen LogP contribution in [0, 0.1) is 6.92 Å². The minimum Gasteiger partial charge on any atom is -0.496 e. The monoisotopic (exact) mass is 353 g/mol. The maximum atomic E-state index is 12.5. The Hall–Kier alpha value is -2.73. The molecule has 0 bridgehead atoms. The maximum absolute atomic E-state index is 12.5. The molecule has 0 atom stereocenters. The Morgan fingerprint density at radius 3 is 2.72 bits per heavy atom. The van der Waals surface area contributed by atoms with Crippen molar-refractivity contribution in [3.8, 4) is 16.3 Å². The summed E-state index contributed by atoms with van der Waals surface area (Å²) < 4.78 is 5.33. The lowest BCUT2D eigenvalue weighted by Gasteiger charge is -2.08. The molecule has 2 aromatic heterocycles. The van der Waals surface area contributed by atoms with E-state index in [0.717, 1.165) is 27.6 Å². The van der Waals surface area contributed by atoms with Gasteiger partial charge in [0.2, 0.25) is 0 Å². The van der Waals surface area contributed by atoms with Gasteiger partial charge in [0.1, 0.15) is 15.6 Å². The number of nitrogens with one attached hydrogen (secondary N) is 1. The fourth-order valence-corrected chi connectivity index (χ4v) is 3.51. The summed E-state index contributed by atoms with van der Waals surface area (Å²) in [5, 5.41) is 3.80. The van der Waals surface area contributed by atoms with E-state index in [9.17, 15) is 4.79 Å². The van der Waals surface area contributed by atoms with Gasteiger partial charge in [-0.25, -0.2) is 4.98 Å². The number of amides is 1. The lowest BCUT2D eigenvalue weighted by Crippen LogP contribution is -2.25. The number of hydrogen-bond donors (Lipinski definition) is 1. The molecule has 3 aromatic rings. The zero-order valence-electron chi connectivity index (χ0n) is 14.2. The number of rotatable bonds is 6. The number of aromatic nitrogens is 2. The number of carbonyl (C=O) groups is 1. The first-order chi connectivity index (χ1) is 12.2. The van der Waals surface area contributed by atoms with Crippen molar-refractivity contribution in [2.24, 2.45) is 0 Å². The van der Waals surface area contributed by atoms with Gasteiger partial charge in [-0.15, -0.1) is 11.3 Å². The van der Waals surface area contributed by atoms with Crippen LogP contribution in [0.4, 0.5) is 0 Å². The molecular formula is C19H19N3O2S. The smallest absolute Gasteiger partial charge is 0.263 e. The Morgan fingerprint density at radius 1 is 1.20 bits per heavy atom. The van der Waals surface area contributed by atoms with Crippen molar-refractivity contribution in [1.82, 2.24) is 15.3 Å². The summed E-state index contributed by atoms with van der Waals surface area (Å²) in [5.74, 6) is 0.746. The summed E-state index contributed by atoms with van der Waals surface area (Å²) in [6.07, 6.45) is 4.16. The van der Waals surface area contributed by atoms with E-state index in [-0.39, 0.29) is 5.91 Å². The highest BCUT2D eigenvalue weighted by Gasteiger charge is 2.16. The van der Waals surface area contributed by atoms with E-state index in [2.05, 4.69) is 15.3 Å². The van der Waals surface area contributed by atoms with E-state index in [1.165, 1.54) is 11.3 Å². The fourth-order valence-electron chi connectivity index (χ4n) is 2.53. The first-order valence-corrected chi connectivity index (χ1v) is 8.78. The van der Waals surface area contributed by atoms with Crippen LogP contribution < -0.4 is 10.1 Å². The van der Waals surface area contributed by atoms with Crippen LogP contribution in [0.3, 0.4) is 0 Å². The second-order valence-corrected chi connectivity index (χ2v) is 6.49. The molecule has 5 nitrogen and oxygen atoms in total. The molecule has 0 radical (unpaired) electrons. The summed E-state index contributed by atoms with van der Waals surface area (Å²) >= 11 is 1.40. The van der Waals surface area contributed by atoms with E-state index in [1.807, 2.05) is 43.3 Å². The molecule has 0 fully saturated rings. The van der Waals surface area contributed by atoms with Gasteiger partial charge in [0.15, 0.2) is 0 Å². The highest BCUT2D eigenvalue weighted by atomic mass is 32.1. The van der Waals surface area contributed by atoms with Crippen molar-refractivity contribution in [2.45, 2.75) is 13.3 Å². The van der Waals surface area contributed by atoms with Gasteiger partial charge in [0.25, 0.3) is 5.91 Å². The molecular weight excluding hydrogens is 334 g/mol. The largest absolute Gasteiger partial charge is 0.496 e. The number of methoxy groups -OCH3 is 1. The molecule has 0 spiro atoms. The van der Waals surface area contributed by atoms with Gasteiger partial charge in [-0.2, -0.15) is 0 Å². The molecule has 1 aromatic carbocycles. The molecule has 6 heteroatoms. The third kappa shape index (κ3) is 4.03. The Labute approximate surface area is 150 Å². The topological polar surface area (TPSA) is 64.1 Å². The van der Waals surface area contributed by atoms with Crippen molar-refractivity contribution in [3.05, 3.63) is 64.9 Å². The van der Waals surface area contributed by atoms with E-state index < -0.39 is 0 Å². The van der Waals surface area contributed by atoms with E-state index >= 15 is 0 Å². The third-order valence-corrected chi connectivity index (χ3v) is 5.01. The molecule has 0 saturated carbocycles. The lowest BCUT2D eigenvalue weighted by atomic mass is 10.1. The lowest BCUT2D eigenvalue weighted by molar-refractivity contribution is 0.0957. The van der Waals surface area contributed by atoms with Crippen LogP contribution in [-0.4, -0.2) is 29.5 Å². The Morgan fingerprint density at radius 2 is 1.96 bits per heavy atom. The highest BCUT2D eigenvalue weighted by molar-refractivity contribution is 7.17. The maximum Gasteiger partial charge on any atom is 0.263 e. The number of carbonyl (C=O) groups excluding carboxylic acids is 1. The molecule has 2 heterocycles. The van der Waals surface area contributed by atoms with Crippen molar-refractivity contribution in [3.63, 3.8) is 0 Å². The first kappa shape index (κ1) is 17.1. The normalized spacial score (nSPS) is 10.5. The zero-order chi connectivity index (χ0) is 17.6. The summed E-state index contributed by atoms with van der Waals surface area (Å²) in [6.45, 7) is 2.40. The van der Waals surface area contributed by atoms with Gasteiger partial charge in [-0.1, -0.05) is 18.2 Å². The molecule has 3 rings (SSSR count). The Kier molecular flexibility index (Phi) is 5.40. The van der Waals surface area contributed by atoms with Crippen molar-refractivity contribution in [2.75, 3.05) is 13.7 Å². The van der Waals surface area contributed by atoms with Gasteiger partial charge in [-0.3, -0.25) is 9.78 Å². The average molecular weight is 353 g/mol. The van der Waals surface area contributed by atoms with E-state index in [4.69, 9.17) is 4.74 Å². The van der Waals surface area contributed by atoms with Crippen LogP contribution in [0.15, 0.2) is 48.8 Å². The van der Waals surface area contributed by atoms with Crippen LogP contribution in [0.25, 0.3) is 10.6 Å². The van der Waals surface area contributed by atoms with Crippen molar-refractivity contribution < 1.29 is 9.53 Å². The summed E-state index contributed by atoms with van der Waals surface area (Å²) in [6, 6.07) is 11.6. The van der Waals surface area contributed by atoms with E-state index in [0.29, 0.717) is 17.8 Å². The van der Waals surface area contributed by atoms with Gasteiger partial charge in [0.05, 0.1) is 12.8 Å². The number of aryl methyl sites for hydroxylation is 1. The molecule has 25 heavy (non-hydrogen) atoms. The molecule has 128 valence electrons. The molecule has 0 aliphatic rings. The van der Waals surface area contributed by atoms with Crippen LogP contribution in [-0.2, 0) is 6.42 Å². The number of ether oxygens (including phenoxy) is 1. The number of benzene rings is 1. The van der Waals surface area contributed by atoms with Gasteiger partial charge >= 0.3 is 0 Å². The summed E-state index contributed by atoms with van der Waals surface area (Å²) in [7, 11) is 1.65. The van der Waals surface area contributed by atoms with Crippen molar-refractivity contribution >= 4 is 17.2 Å². The third-order valence-electron chi connectivity index (χ3n) is 3.80. The number of thiazole rings is 1. The van der Waals surface area contributed by atoms with Crippen LogP contribution in [0.2, 0.25) is 0 Å². The predicted molar refractivity (Wildman–Crippen MR) is 99.1 cm³/mol. The van der Waals surface area contributed by atoms with Crippen molar-refractivity contribution in [1.29, 1.82) is 0 Å². The molecule has 0 aliphatic carbocycles. The first-order valence-electron chi connectivity index (χ1n) is 7.97. The second-order valence-electron chi connectivity index (χ2n) is 5.49.